The molecule has 1 unspecified atom stereocenters. The lowest BCUT2D eigenvalue weighted by Gasteiger charge is -2.38. The van der Waals surface area contributed by atoms with Gasteiger partial charge in [0.1, 0.15) is 11.5 Å². The predicted molar refractivity (Wildman–Crippen MR) is 89.6 cm³/mol. The molecule has 0 aromatic heterocycles. The number of hydrogen-bond acceptors (Lipinski definition) is 2. The second-order valence-electron chi connectivity index (χ2n) is 5.40. The molecular weight excluding hydrogens is 319 g/mol. The molecule has 0 saturated carbocycles. The van der Waals surface area contributed by atoms with Crippen molar-refractivity contribution in [3.8, 4) is 11.5 Å². The maximum atomic E-state index is 6.15. The van der Waals surface area contributed by atoms with Gasteiger partial charge in [0.25, 0.3) is 5.79 Å². The summed E-state index contributed by atoms with van der Waals surface area (Å²) in [7, 11) is 0. The van der Waals surface area contributed by atoms with Crippen LogP contribution in [0.25, 0.3) is 12.2 Å². The Balaban J connectivity index is 1.79. The summed E-state index contributed by atoms with van der Waals surface area (Å²) in [5.74, 6) is 0.580. The summed E-state index contributed by atoms with van der Waals surface area (Å²) in [4.78, 5) is 0. The van der Waals surface area contributed by atoms with Crippen LogP contribution in [0.4, 0.5) is 0 Å². The molecule has 0 fully saturated rings. The van der Waals surface area contributed by atoms with Crippen LogP contribution in [0.2, 0.25) is 10.0 Å². The van der Waals surface area contributed by atoms with E-state index >= 15 is 0 Å². The zero-order valence-electron chi connectivity index (χ0n) is 11.8. The molecular formula is C18H12Cl2O2. The summed E-state index contributed by atoms with van der Waals surface area (Å²) in [6, 6.07) is 11.1. The summed E-state index contributed by atoms with van der Waals surface area (Å²) in [5, 5.41) is 1.36. The molecule has 0 amide bonds. The first-order valence-electron chi connectivity index (χ1n) is 6.91. The highest BCUT2D eigenvalue weighted by atomic mass is 35.5. The lowest BCUT2D eigenvalue weighted by Crippen LogP contribution is -2.44. The highest BCUT2D eigenvalue weighted by Gasteiger charge is 2.40. The van der Waals surface area contributed by atoms with Crippen LogP contribution in [0.3, 0.4) is 0 Å². The van der Waals surface area contributed by atoms with Gasteiger partial charge in [-0.1, -0.05) is 23.2 Å². The van der Waals surface area contributed by atoms with Crippen molar-refractivity contribution >= 4 is 35.4 Å². The van der Waals surface area contributed by atoms with Gasteiger partial charge in [0.2, 0.25) is 0 Å². The SMILES string of the molecule is CC1=Cc2cc(Cl)ccc2OC12C=Cc1cc(Cl)ccc1O2. The van der Waals surface area contributed by atoms with Gasteiger partial charge >= 0.3 is 0 Å². The van der Waals surface area contributed by atoms with Gasteiger partial charge in [-0.15, -0.1) is 0 Å². The summed E-state index contributed by atoms with van der Waals surface area (Å²) in [5.41, 5.74) is 2.85. The predicted octanol–water partition coefficient (Wildman–Crippen LogP) is 5.59. The van der Waals surface area contributed by atoms with Gasteiger partial charge < -0.3 is 9.47 Å². The van der Waals surface area contributed by atoms with Crippen LogP contribution in [-0.4, -0.2) is 5.79 Å². The Bertz CT molecular complexity index is 835. The molecule has 2 heterocycles. The van der Waals surface area contributed by atoms with E-state index in [4.69, 9.17) is 32.7 Å². The zero-order chi connectivity index (χ0) is 15.3. The van der Waals surface area contributed by atoms with Gasteiger partial charge in [0, 0.05) is 32.8 Å². The maximum Gasteiger partial charge on any atom is 0.294 e. The summed E-state index contributed by atoms with van der Waals surface area (Å²) in [6.07, 6.45) is 5.92. The minimum atomic E-state index is -0.915. The van der Waals surface area contributed by atoms with Gasteiger partial charge in [-0.3, -0.25) is 0 Å². The highest BCUT2D eigenvalue weighted by Crippen LogP contribution is 2.42. The number of benzene rings is 2. The fourth-order valence-corrected chi connectivity index (χ4v) is 3.07. The van der Waals surface area contributed by atoms with Crippen LogP contribution in [0.1, 0.15) is 18.1 Å². The normalized spacial score (nSPS) is 21.5. The van der Waals surface area contributed by atoms with Crippen molar-refractivity contribution in [3.63, 3.8) is 0 Å². The van der Waals surface area contributed by atoms with Crippen molar-refractivity contribution in [2.75, 3.05) is 0 Å². The van der Waals surface area contributed by atoms with Crippen molar-refractivity contribution in [3.05, 3.63) is 69.2 Å². The van der Waals surface area contributed by atoms with E-state index in [0.29, 0.717) is 10.0 Å². The van der Waals surface area contributed by atoms with Gasteiger partial charge in [0.05, 0.1) is 0 Å². The number of fused-ring (bicyclic) bond motifs is 2. The van der Waals surface area contributed by atoms with Crippen LogP contribution in [-0.2, 0) is 0 Å². The number of ether oxygens (including phenoxy) is 2. The van der Waals surface area contributed by atoms with E-state index in [1.807, 2.05) is 61.5 Å². The monoisotopic (exact) mass is 330 g/mol. The fraction of sp³-hybridized carbons (Fsp3) is 0.111. The van der Waals surface area contributed by atoms with Crippen LogP contribution < -0.4 is 9.47 Å². The van der Waals surface area contributed by atoms with Gasteiger partial charge in [-0.2, -0.15) is 0 Å². The quantitative estimate of drug-likeness (QED) is 0.626. The maximum absolute atomic E-state index is 6.15. The van der Waals surface area contributed by atoms with Gasteiger partial charge in [-0.25, -0.2) is 0 Å². The topological polar surface area (TPSA) is 18.5 Å². The molecule has 2 aromatic rings. The first kappa shape index (κ1) is 13.7. The summed E-state index contributed by atoms with van der Waals surface area (Å²) >= 11 is 12.1. The Morgan fingerprint density at radius 1 is 0.864 bits per heavy atom. The van der Waals surface area contributed by atoms with E-state index in [2.05, 4.69) is 0 Å². The zero-order valence-corrected chi connectivity index (χ0v) is 13.3. The molecule has 22 heavy (non-hydrogen) atoms. The second kappa shape index (κ2) is 4.80. The van der Waals surface area contributed by atoms with Crippen molar-refractivity contribution in [2.24, 2.45) is 0 Å². The average molecular weight is 331 g/mol. The molecule has 0 N–H and O–H groups in total. The van der Waals surface area contributed by atoms with Crippen LogP contribution >= 0.6 is 23.2 Å². The summed E-state index contributed by atoms with van der Waals surface area (Å²) in [6.45, 7) is 1.98. The molecule has 0 aliphatic carbocycles. The Hall–Kier alpha value is -1.90. The van der Waals surface area contributed by atoms with E-state index in [1.54, 1.807) is 0 Å². The second-order valence-corrected chi connectivity index (χ2v) is 6.27. The third-order valence-electron chi connectivity index (χ3n) is 3.87. The smallest absolute Gasteiger partial charge is 0.294 e. The first-order chi connectivity index (χ1) is 10.6. The standard InChI is InChI=1S/C18H12Cl2O2/c1-11-8-13-10-15(20)3-5-17(13)22-18(11)7-6-12-9-14(19)2-4-16(12)21-18/h2-10H,1H3. The Labute approximate surface area is 138 Å². The minimum Gasteiger partial charge on any atom is -0.444 e. The fourth-order valence-electron chi connectivity index (χ4n) is 2.71. The summed E-state index contributed by atoms with van der Waals surface area (Å²) < 4.78 is 12.3. The molecule has 2 aliphatic rings. The Morgan fingerprint density at radius 3 is 2.14 bits per heavy atom. The molecule has 0 saturated heterocycles. The molecule has 1 spiro atoms. The van der Waals surface area contributed by atoms with E-state index in [-0.39, 0.29) is 0 Å². The Kier molecular flexibility index (Phi) is 3.00. The van der Waals surface area contributed by atoms with E-state index in [1.165, 1.54) is 0 Å². The molecule has 1 atom stereocenters. The molecule has 0 radical (unpaired) electrons. The lowest BCUT2D eigenvalue weighted by atomic mass is 9.96. The Morgan fingerprint density at radius 2 is 1.45 bits per heavy atom. The largest absolute Gasteiger partial charge is 0.444 e. The molecule has 2 aliphatic heterocycles. The third kappa shape index (κ3) is 2.11. The lowest BCUT2D eigenvalue weighted by molar-refractivity contribution is -0.0411. The molecule has 2 nitrogen and oxygen atoms in total. The molecule has 4 heteroatoms. The highest BCUT2D eigenvalue weighted by molar-refractivity contribution is 6.31. The number of halogens is 2. The minimum absolute atomic E-state index is 0.680. The molecule has 2 aromatic carbocycles. The van der Waals surface area contributed by atoms with E-state index in [0.717, 1.165) is 28.2 Å². The van der Waals surface area contributed by atoms with Crippen molar-refractivity contribution in [1.29, 1.82) is 0 Å². The van der Waals surface area contributed by atoms with E-state index in [9.17, 15) is 0 Å². The molecule has 110 valence electrons. The van der Waals surface area contributed by atoms with Gasteiger partial charge in [0.15, 0.2) is 0 Å². The van der Waals surface area contributed by atoms with Crippen LogP contribution in [0, 0.1) is 0 Å². The molecule has 4 rings (SSSR count). The van der Waals surface area contributed by atoms with Crippen molar-refractivity contribution in [1.82, 2.24) is 0 Å². The van der Waals surface area contributed by atoms with Crippen molar-refractivity contribution < 1.29 is 9.47 Å². The first-order valence-corrected chi connectivity index (χ1v) is 7.66. The third-order valence-corrected chi connectivity index (χ3v) is 4.34. The van der Waals surface area contributed by atoms with Crippen LogP contribution in [0.15, 0.2) is 48.0 Å². The van der Waals surface area contributed by atoms with Crippen LogP contribution in [0.5, 0.6) is 11.5 Å². The van der Waals surface area contributed by atoms with Crippen molar-refractivity contribution in [2.45, 2.75) is 12.7 Å². The van der Waals surface area contributed by atoms with Gasteiger partial charge in [-0.05, 0) is 55.5 Å². The van der Waals surface area contributed by atoms with E-state index < -0.39 is 5.79 Å². The number of hydrogen-bond donors (Lipinski definition) is 0. The average Bonchev–Trinajstić information content (AvgIpc) is 2.49. The molecule has 0 bridgehead atoms. The number of rotatable bonds is 0.